The Hall–Kier alpha value is -3.01. The van der Waals surface area contributed by atoms with E-state index in [1.54, 1.807) is 0 Å². The lowest BCUT2D eigenvalue weighted by Gasteiger charge is -2.46. The molecule has 0 radical (unpaired) electrons. The van der Waals surface area contributed by atoms with Gasteiger partial charge in [0.15, 0.2) is 0 Å². The summed E-state index contributed by atoms with van der Waals surface area (Å²) in [7, 11) is 1.24. The Morgan fingerprint density at radius 2 is 1.95 bits per heavy atom. The molecule has 9 nitrogen and oxygen atoms in total. The molecule has 7 atom stereocenters. The van der Waals surface area contributed by atoms with E-state index in [1.807, 2.05) is 30.3 Å². The van der Waals surface area contributed by atoms with Gasteiger partial charge in [-0.1, -0.05) is 62.2 Å². The highest BCUT2D eigenvalue weighted by Gasteiger charge is 2.51. The van der Waals surface area contributed by atoms with Crippen molar-refractivity contribution in [2.24, 2.45) is 23.2 Å². The largest absolute Gasteiger partial charge is 0.467 e. The van der Waals surface area contributed by atoms with Crippen LogP contribution in [0, 0.1) is 23.2 Å². The number of amides is 2. The van der Waals surface area contributed by atoms with Crippen LogP contribution in [-0.4, -0.2) is 60.7 Å². The van der Waals surface area contributed by atoms with E-state index in [-0.39, 0.29) is 41.7 Å². The maximum Gasteiger partial charge on any atom is 0.408 e. The van der Waals surface area contributed by atoms with Crippen LogP contribution in [0.4, 0.5) is 4.79 Å². The zero-order valence-electron chi connectivity index (χ0n) is 23.6. The van der Waals surface area contributed by atoms with Gasteiger partial charge in [0.25, 0.3) is 0 Å². The number of allylic oxidation sites excluding steroid dienone is 1. The lowest BCUT2D eigenvalue weighted by Crippen LogP contribution is -2.52. The van der Waals surface area contributed by atoms with Gasteiger partial charge in [-0.15, -0.1) is 0 Å². The summed E-state index contributed by atoms with van der Waals surface area (Å²) < 4.78 is 15.8. The van der Waals surface area contributed by atoms with Gasteiger partial charge >= 0.3 is 18.0 Å². The van der Waals surface area contributed by atoms with E-state index in [1.165, 1.54) is 44.2 Å². The molecule has 0 aromatic heterocycles. The first-order valence-corrected chi connectivity index (χ1v) is 15.1. The molecule has 0 bridgehead atoms. The maximum atomic E-state index is 13.0. The van der Waals surface area contributed by atoms with Gasteiger partial charge in [0, 0.05) is 17.4 Å². The molecule has 0 spiro atoms. The van der Waals surface area contributed by atoms with Crippen LogP contribution in [0.1, 0.15) is 52.0 Å². The molecule has 40 heavy (non-hydrogen) atoms. The van der Waals surface area contributed by atoms with Crippen LogP contribution in [0.5, 0.6) is 0 Å². The lowest BCUT2D eigenvalue weighted by atomic mass is 9.59. The summed E-state index contributed by atoms with van der Waals surface area (Å²) in [5, 5.41) is 5.20. The number of carbonyl (C=O) groups is 4. The number of hydrogen-bond acceptors (Lipinski definition) is 8. The first-order chi connectivity index (χ1) is 19.1. The average Bonchev–Trinajstić information content (AvgIpc) is 3.23. The third-order valence-electron chi connectivity index (χ3n) is 8.40. The minimum Gasteiger partial charge on any atom is -0.467 e. The molecule has 10 heteroatoms. The van der Waals surface area contributed by atoms with E-state index < -0.39 is 30.1 Å². The summed E-state index contributed by atoms with van der Waals surface area (Å²) in [6, 6.07) is 7.33. The van der Waals surface area contributed by atoms with Crippen molar-refractivity contribution in [3.8, 4) is 0 Å². The molecule has 1 saturated carbocycles. The van der Waals surface area contributed by atoms with E-state index in [2.05, 4.69) is 30.6 Å². The summed E-state index contributed by atoms with van der Waals surface area (Å²) >= 11 is 1.40. The van der Waals surface area contributed by atoms with Crippen molar-refractivity contribution in [3.05, 3.63) is 47.5 Å². The summed E-state index contributed by atoms with van der Waals surface area (Å²) in [5.41, 5.74) is 2.35. The smallest absolute Gasteiger partial charge is 0.408 e. The number of methoxy groups -OCH3 is 1. The van der Waals surface area contributed by atoms with Crippen LogP contribution in [-0.2, 0) is 35.2 Å². The third kappa shape index (κ3) is 7.00. The number of hydrogen-bond donors (Lipinski definition) is 2. The van der Waals surface area contributed by atoms with Crippen LogP contribution in [0.2, 0.25) is 0 Å². The fourth-order valence-corrected chi connectivity index (χ4v) is 7.41. The van der Waals surface area contributed by atoms with Crippen molar-refractivity contribution >= 4 is 35.7 Å². The van der Waals surface area contributed by atoms with Crippen LogP contribution < -0.4 is 10.6 Å². The molecule has 3 aliphatic rings. The molecule has 4 rings (SSSR count). The predicted octanol–water partition coefficient (Wildman–Crippen LogP) is 4.01. The van der Waals surface area contributed by atoms with Crippen LogP contribution in [0.25, 0.3) is 0 Å². The second kappa shape index (κ2) is 13.1. The quantitative estimate of drug-likeness (QED) is 0.245. The topological polar surface area (TPSA) is 120 Å². The van der Waals surface area contributed by atoms with Crippen LogP contribution in [0.15, 0.2) is 42.0 Å². The number of benzene rings is 1. The second-order valence-corrected chi connectivity index (χ2v) is 12.5. The van der Waals surface area contributed by atoms with Gasteiger partial charge in [-0.2, -0.15) is 11.8 Å². The summed E-state index contributed by atoms with van der Waals surface area (Å²) in [6.07, 6.45) is 5.76. The zero-order chi connectivity index (χ0) is 28.9. The van der Waals surface area contributed by atoms with Gasteiger partial charge in [0.2, 0.25) is 5.91 Å². The first-order valence-electron chi connectivity index (χ1n) is 14.0. The van der Waals surface area contributed by atoms with Gasteiger partial charge in [-0.05, 0) is 43.1 Å². The summed E-state index contributed by atoms with van der Waals surface area (Å²) in [6.45, 7) is 6.12. The van der Waals surface area contributed by atoms with Gasteiger partial charge in [0.05, 0.1) is 13.0 Å². The number of nitrogens with one attached hydrogen (secondary N) is 2. The lowest BCUT2D eigenvalue weighted by molar-refractivity contribution is -0.145. The summed E-state index contributed by atoms with van der Waals surface area (Å²) in [4.78, 5) is 50.3. The Morgan fingerprint density at radius 3 is 2.67 bits per heavy atom. The minimum absolute atomic E-state index is 0.0130. The second-order valence-electron chi connectivity index (χ2n) is 11.4. The Labute approximate surface area is 240 Å². The Kier molecular flexibility index (Phi) is 9.81. The first kappa shape index (κ1) is 30.0. The molecule has 1 aliphatic heterocycles. The van der Waals surface area contributed by atoms with Gasteiger partial charge in [-0.25, -0.2) is 9.59 Å². The number of ether oxygens (including phenoxy) is 3. The highest BCUT2D eigenvalue weighted by Crippen LogP contribution is 2.54. The van der Waals surface area contributed by atoms with Crippen molar-refractivity contribution in [1.82, 2.24) is 10.6 Å². The molecule has 2 N–H and O–H groups in total. The van der Waals surface area contributed by atoms with Crippen LogP contribution >= 0.6 is 11.8 Å². The molecule has 1 aromatic carbocycles. The molecule has 1 aromatic rings. The van der Waals surface area contributed by atoms with Crippen molar-refractivity contribution in [1.29, 1.82) is 0 Å². The fourth-order valence-electron chi connectivity index (χ4n) is 6.19. The van der Waals surface area contributed by atoms with E-state index in [4.69, 9.17) is 14.2 Å². The minimum atomic E-state index is -0.986. The molecule has 218 valence electrons. The van der Waals surface area contributed by atoms with Gasteiger partial charge < -0.3 is 24.8 Å². The molecule has 2 aliphatic carbocycles. The van der Waals surface area contributed by atoms with Crippen molar-refractivity contribution in [2.45, 2.75) is 71.2 Å². The number of rotatable bonds is 10. The van der Waals surface area contributed by atoms with Gasteiger partial charge in [-0.3, -0.25) is 9.59 Å². The standard InChI is InChI=1S/C30H40N2O7S/c1-18-9-8-12-30(3)14-25-21(13-23(18)30)22(28(35)39-25)16-40-17-24(26(33)31-19(2)27(34)37-4)32-29(36)38-15-20-10-6-5-7-11-20/h5-7,10-11,13,18-19,21-22,24-25H,8-9,12,14-17H2,1-4H3,(H,31,33)(H,32,36)/t18-,19-,21+,22?,24-,25+,30+/m0/s1. The highest BCUT2D eigenvalue weighted by atomic mass is 32.2. The SMILES string of the molecule is COC(=O)[C@H](C)NC(=O)[C@H](CSCC1C(=O)O[C@@H]2C[C@@]3(C)CCC[C@H](C)C3=C[C@H]12)NC(=O)OCc1ccccc1. The molecular weight excluding hydrogens is 532 g/mol. The van der Waals surface area contributed by atoms with E-state index in [9.17, 15) is 19.2 Å². The molecule has 1 saturated heterocycles. The number of esters is 2. The van der Waals surface area contributed by atoms with Gasteiger partial charge in [0.1, 0.15) is 24.8 Å². The maximum absolute atomic E-state index is 13.0. The fraction of sp³-hybridized carbons (Fsp3) is 0.600. The Morgan fingerprint density at radius 1 is 1.20 bits per heavy atom. The average molecular weight is 573 g/mol. The predicted molar refractivity (Wildman–Crippen MR) is 151 cm³/mol. The molecular formula is C30H40N2O7S. The summed E-state index contributed by atoms with van der Waals surface area (Å²) in [5.74, 6) is -0.508. The molecule has 1 unspecified atom stereocenters. The third-order valence-corrected chi connectivity index (χ3v) is 9.56. The monoisotopic (exact) mass is 572 g/mol. The van der Waals surface area contributed by atoms with Crippen molar-refractivity contribution in [3.63, 3.8) is 0 Å². The number of carbonyl (C=O) groups excluding carboxylic acids is 4. The number of fused-ring (bicyclic) bond motifs is 2. The van der Waals surface area contributed by atoms with Crippen molar-refractivity contribution < 1.29 is 33.4 Å². The highest BCUT2D eigenvalue weighted by molar-refractivity contribution is 7.99. The normalized spacial score (nSPS) is 28.6. The number of thioether (sulfide) groups is 1. The Bertz CT molecular complexity index is 1130. The Balaban J connectivity index is 1.39. The van der Waals surface area contributed by atoms with Crippen LogP contribution in [0.3, 0.4) is 0 Å². The van der Waals surface area contributed by atoms with Crippen molar-refractivity contribution in [2.75, 3.05) is 18.6 Å². The zero-order valence-corrected chi connectivity index (χ0v) is 24.5. The molecule has 1 heterocycles. The van der Waals surface area contributed by atoms with E-state index >= 15 is 0 Å². The van der Waals surface area contributed by atoms with E-state index in [0.717, 1.165) is 18.4 Å². The molecule has 2 fully saturated rings. The van der Waals surface area contributed by atoms with E-state index in [0.29, 0.717) is 11.7 Å². The molecule has 2 amide bonds. The number of alkyl carbamates (subject to hydrolysis) is 1.